The molecule has 0 fully saturated rings. The molecule has 0 atom stereocenters. The van der Waals surface area contributed by atoms with Crippen LogP contribution in [0.1, 0.15) is 5.69 Å². The Morgan fingerprint density at radius 1 is 1.05 bits per heavy atom. The van der Waals surface area contributed by atoms with E-state index in [4.69, 9.17) is 5.26 Å². The lowest BCUT2D eigenvalue weighted by atomic mass is 10.1. The van der Waals surface area contributed by atoms with Gasteiger partial charge < -0.3 is 5.11 Å². The number of phenolic OH excluding ortho intramolecular Hbond substituents is 1. The van der Waals surface area contributed by atoms with Crippen molar-refractivity contribution in [3.8, 4) is 28.8 Å². The van der Waals surface area contributed by atoms with Crippen LogP contribution in [0.4, 0.5) is 4.39 Å². The standard InChI is InChI=1S/C15H9FN4O/c16-11-3-1-10(2-4-11)15-14(9-17)18-19-20(15)12-5-7-13(21)8-6-12/h1-8,21H. The molecule has 0 radical (unpaired) electrons. The highest BCUT2D eigenvalue weighted by Crippen LogP contribution is 2.25. The fourth-order valence-electron chi connectivity index (χ4n) is 2.00. The molecule has 1 aromatic heterocycles. The molecule has 1 N–H and O–H groups in total. The number of halogens is 1. The molecule has 1 heterocycles. The Hall–Kier alpha value is -3.20. The second-order valence-electron chi connectivity index (χ2n) is 4.33. The molecule has 3 rings (SSSR count). The summed E-state index contributed by atoms with van der Waals surface area (Å²) in [4.78, 5) is 0. The van der Waals surface area contributed by atoms with Crippen molar-refractivity contribution in [2.24, 2.45) is 0 Å². The van der Waals surface area contributed by atoms with Crippen LogP contribution in [0.3, 0.4) is 0 Å². The molecule has 0 spiro atoms. The van der Waals surface area contributed by atoms with Crippen molar-refractivity contribution in [1.29, 1.82) is 5.26 Å². The molecule has 0 unspecified atom stereocenters. The van der Waals surface area contributed by atoms with Gasteiger partial charge in [0.1, 0.15) is 23.3 Å². The van der Waals surface area contributed by atoms with Gasteiger partial charge in [0.25, 0.3) is 0 Å². The first kappa shape index (κ1) is 12.8. The van der Waals surface area contributed by atoms with E-state index < -0.39 is 0 Å². The summed E-state index contributed by atoms with van der Waals surface area (Å²) in [7, 11) is 0. The minimum absolute atomic E-state index is 0.128. The van der Waals surface area contributed by atoms with Gasteiger partial charge >= 0.3 is 0 Å². The molecule has 5 nitrogen and oxygen atoms in total. The summed E-state index contributed by atoms with van der Waals surface area (Å²) in [5, 5.41) is 26.3. The predicted molar refractivity (Wildman–Crippen MR) is 73.1 cm³/mol. The van der Waals surface area contributed by atoms with Crippen LogP contribution in [0.5, 0.6) is 5.75 Å². The van der Waals surface area contributed by atoms with E-state index >= 15 is 0 Å². The third kappa shape index (κ3) is 2.32. The molecule has 0 aliphatic heterocycles. The topological polar surface area (TPSA) is 74.7 Å². The van der Waals surface area contributed by atoms with Crippen molar-refractivity contribution in [1.82, 2.24) is 15.0 Å². The lowest BCUT2D eigenvalue weighted by Crippen LogP contribution is -1.99. The quantitative estimate of drug-likeness (QED) is 0.783. The number of phenols is 1. The Bertz CT molecular complexity index is 816. The number of benzene rings is 2. The first-order valence-electron chi connectivity index (χ1n) is 6.10. The summed E-state index contributed by atoms with van der Waals surface area (Å²) in [5.41, 5.74) is 1.89. The SMILES string of the molecule is N#Cc1nnn(-c2ccc(O)cc2)c1-c1ccc(F)cc1. The summed E-state index contributed by atoms with van der Waals surface area (Å²) in [6.45, 7) is 0. The summed E-state index contributed by atoms with van der Waals surface area (Å²) < 4.78 is 14.5. The van der Waals surface area contributed by atoms with Gasteiger partial charge in [-0.3, -0.25) is 0 Å². The van der Waals surface area contributed by atoms with Crippen LogP contribution < -0.4 is 0 Å². The first-order valence-corrected chi connectivity index (χ1v) is 6.10. The van der Waals surface area contributed by atoms with E-state index in [1.807, 2.05) is 6.07 Å². The van der Waals surface area contributed by atoms with Crippen LogP contribution in [-0.2, 0) is 0 Å². The van der Waals surface area contributed by atoms with Crippen molar-refractivity contribution in [2.45, 2.75) is 0 Å². The fraction of sp³-hybridized carbons (Fsp3) is 0. The van der Waals surface area contributed by atoms with E-state index in [2.05, 4.69) is 10.3 Å². The maximum Gasteiger partial charge on any atom is 0.191 e. The monoisotopic (exact) mass is 280 g/mol. The van der Waals surface area contributed by atoms with E-state index in [1.54, 1.807) is 24.3 Å². The van der Waals surface area contributed by atoms with Crippen molar-refractivity contribution in [3.05, 3.63) is 60.0 Å². The van der Waals surface area contributed by atoms with Crippen molar-refractivity contribution < 1.29 is 9.50 Å². The Morgan fingerprint density at radius 2 is 1.71 bits per heavy atom. The van der Waals surface area contributed by atoms with Crippen LogP contribution >= 0.6 is 0 Å². The molecule has 102 valence electrons. The molecular formula is C15H9FN4O. The Morgan fingerprint density at radius 3 is 2.33 bits per heavy atom. The third-order valence-corrected chi connectivity index (χ3v) is 2.99. The van der Waals surface area contributed by atoms with Crippen molar-refractivity contribution in [2.75, 3.05) is 0 Å². The molecule has 0 aliphatic carbocycles. The van der Waals surface area contributed by atoms with Gasteiger partial charge in [-0.25, -0.2) is 9.07 Å². The highest BCUT2D eigenvalue weighted by Gasteiger charge is 2.16. The van der Waals surface area contributed by atoms with Gasteiger partial charge in [0.15, 0.2) is 5.69 Å². The molecule has 21 heavy (non-hydrogen) atoms. The summed E-state index contributed by atoms with van der Waals surface area (Å²) in [6.07, 6.45) is 0. The second-order valence-corrected chi connectivity index (χ2v) is 4.33. The van der Waals surface area contributed by atoms with E-state index in [1.165, 1.54) is 28.9 Å². The number of aromatic nitrogens is 3. The average molecular weight is 280 g/mol. The number of hydrogen-bond acceptors (Lipinski definition) is 4. The molecule has 0 saturated carbocycles. The Balaban J connectivity index is 2.19. The molecule has 6 heteroatoms. The molecule has 3 aromatic rings. The van der Waals surface area contributed by atoms with Crippen LogP contribution in [0.25, 0.3) is 16.9 Å². The first-order chi connectivity index (χ1) is 10.2. The van der Waals surface area contributed by atoms with Gasteiger partial charge in [0.05, 0.1) is 5.69 Å². The summed E-state index contributed by atoms with van der Waals surface area (Å²) in [6, 6.07) is 14.0. The zero-order valence-electron chi connectivity index (χ0n) is 10.7. The third-order valence-electron chi connectivity index (χ3n) is 2.99. The number of hydrogen-bond donors (Lipinski definition) is 1. The van der Waals surface area contributed by atoms with Gasteiger partial charge in [-0.15, -0.1) is 5.10 Å². The van der Waals surface area contributed by atoms with Crippen LogP contribution in [0, 0.1) is 17.1 Å². The number of nitriles is 1. The molecule has 0 amide bonds. The molecular weight excluding hydrogens is 271 g/mol. The van der Waals surface area contributed by atoms with Crippen LogP contribution in [0.2, 0.25) is 0 Å². The molecule has 0 aliphatic rings. The molecule has 2 aromatic carbocycles. The Kier molecular flexibility index (Phi) is 3.09. The fourth-order valence-corrected chi connectivity index (χ4v) is 2.00. The van der Waals surface area contributed by atoms with Crippen LogP contribution in [-0.4, -0.2) is 20.1 Å². The summed E-state index contributed by atoms with van der Waals surface area (Å²) in [5.74, 6) is -0.233. The highest BCUT2D eigenvalue weighted by molar-refractivity contribution is 5.67. The lowest BCUT2D eigenvalue weighted by Gasteiger charge is -2.06. The normalized spacial score (nSPS) is 10.3. The lowest BCUT2D eigenvalue weighted by molar-refractivity contribution is 0.475. The van der Waals surface area contributed by atoms with E-state index in [0.717, 1.165) is 0 Å². The number of nitrogens with zero attached hydrogens (tertiary/aromatic N) is 4. The predicted octanol–water partition coefficient (Wildman–Crippen LogP) is 2.65. The van der Waals surface area contributed by atoms with Gasteiger partial charge in [0, 0.05) is 5.56 Å². The second kappa shape index (κ2) is 5.06. The van der Waals surface area contributed by atoms with Gasteiger partial charge in [0.2, 0.25) is 0 Å². The van der Waals surface area contributed by atoms with E-state index in [0.29, 0.717) is 16.9 Å². The van der Waals surface area contributed by atoms with Crippen LogP contribution in [0.15, 0.2) is 48.5 Å². The number of aromatic hydroxyl groups is 1. The largest absolute Gasteiger partial charge is 0.508 e. The zero-order valence-corrected chi connectivity index (χ0v) is 10.7. The smallest absolute Gasteiger partial charge is 0.191 e. The highest BCUT2D eigenvalue weighted by atomic mass is 19.1. The number of rotatable bonds is 2. The van der Waals surface area contributed by atoms with Gasteiger partial charge in [-0.1, -0.05) is 5.21 Å². The van der Waals surface area contributed by atoms with E-state index in [9.17, 15) is 9.50 Å². The average Bonchev–Trinajstić information content (AvgIpc) is 2.93. The minimum Gasteiger partial charge on any atom is -0.508 e. The minimum atomic E-state index is -0.360. The van der Waals surface area contributed by atoms with Crippen molar-refractivity contribution in [3.63, 3.8) is 0 Å². The zero-order chi connectivity index (χ0) is 14.8. The summed E-state index contributed by atoms with van der Waals surface area (Å²) >= 11 is 0. The Labute approximate surface area is 119 Å². The maximum absolute atomic E-state index is 13.0. The van der Waals surface area contributed by atoms with Gasteiger partial charge in [-0.2, -0.15) is 5.26 Å². The van der Waals surface area contributed by atoms with E-state index in [-0.39, 0.29) is 17.3 Å². The molecule has 0 saturated heterocycles. The van der Waals surface area contributed by atoms with Crippen molar-refractivity contribution >= 4 is 0 Å². The molecule has 0 bridgehead atoms. The maximum atomic E-state index is 13.0. The van der Waals surface area contributed by atoms with Gasteiger partial charge in [-0.05, 0) is 48.5 Å².